The summed E-state index contributed by atoms with van der Waals surface area (Å²) < 4.78 is 22.7. The Morgan fingerprint density at radius 2 is 1.94 bits per heavy atom. The molecule has 1 aliphatic carbocycles. The number of rotatable bonds is 3. The van der Waals surface area contributed by atoms with Crippen molar-refractivity contribution in [2.24, 2.45) is 5.14 Å². The summed E-state index contributed by atoms with van der Waals surface area (Å²) in [7, 11) is -3.79. The molecule has 1 aliphatic rings. The molecule has 1 aromatic carbocycles. The molecule has 3 N–H and O–H groups in total. The predicted molar refractivity (Wildman–Crippen MR) is 67.8 cm³/mol. The maximum atomic E-state index is 12.0. The quantitative estimate of drug-likeness (QED) is 0.851. The van der Waals surface area contributed by atoms with Gasteiger partial charge in [0.1, 0.15) is 0 Å². The van der Waals surface area contributed by atoms with Crippen LogP contribution in [-0.4, -0.2) is 20.4 Å². The number of primary sulfonamides is 1. The molecule has 0 radical (unpaired) electrons. The molecule has 1 aromatic rings. The van der Waals surface area contributed by atoms with Crippen molar-refractivity contribution >= 4 is 15.9 Å². The highest BCUT2D eigenvalue weighted by molar-refractivity contribution is 7.89. The molecule has 98 valence electrons. The van der Waals surface area contributed by atoms with E-state index in [4.69, 9.17) is 5.14 Å². The van der Waals surface area contributed by atoms with E-state index < -0.39 is 10.0 Å². The van der Waals surface area contributed by atoms with Crippen molar-refractivity contribution < 1.29 is 13.2 Å². The average Bonchev–Trinajstić information content (AvgIpc) is 3.03. The number of benzene rings is 1. The Morgan fingerprint density at radius 1 is 1.33 bits per heavy atom. The largest absolute Gasteiger partial charge is 0.349 e. The molecule has 0 unspecified atom stereocenters. The number of nitrogens with one attached hydrogen (secondary N) is 1. The zero-order valence-corrected chi connectivity index (χ0v) is 11.2. The van der Waals surface area contributed by atoms with Gasteiger partial charge in [-0.05, 0) is 49.9 Å². The predicted octanol–water partition coefficient (Wildman–Crippen LogP) is 0.843. The number of nitrogens with two attached hydrogens (primary N) is 1. The molecule has 0 spiro atoms. The van der Waals surface area contributed by atoms with E-state index in [0.29, 0.717) is 5.56 Å². The number of aryl methyl sites for hydroxylation is 1. The molecule has 1 fully saturated rings. The van der Waals surface area contributed by atoms with Crippen molar-refractivity contribution in [1.29, 1.82) is 0 Å². The molecule has 0 aromatic heterocycles. The molecular weight excluding hydrogens is 252 g/mol. The highest BCUT2D eigenvalue weighted by Gasteiger charge is 2.25. The highest BCUT2D eigenvalue weighted by atomic mass is 32.2. The first-order valence-corrected chi connectivity index (χ1v) is 7.28. The molecule has 6 heteroatoms. The zero-order chi connectivity index (χ0) is 13.5. The molecule has 0 heterocycles. The summed E-state index contributed by atoms with van der Waals surface area (Å²) in [6.45, 7) is 3.56. The Labute approximate surface area is 106 Å². The van der Waals surface area contributed by atoms with Crippen molar-refractivity contribution in [1.82, 2.24) is 5.32 Å². The minimum Gasteiger partial charge on any atom is -0.349 e. The fraction of sp³-hybridized carbons (Fsp3) is 0.417. The summed E-state index contributed by atoms with van der Waals surface area (Å²) in [4.78, 5) is 12.0. The molecule has 0 aliphatic heterocycles. The van der Waals surface area contributed by atoms with E-state index in [-0.39, 0.29) is 16.8 Å². The summed E-state index contributed by atoms with van der Waals surface area (Å²) in [5.41, 5.74) is 1.90. The summed E-state index contributed by atoms with van der Waals surface area (Å²) in [6, 6.07) is 3.06. The number of sulfonamides is 1. The third-order valence-electron chi connectivity index (χ3n) is 3.13. The van der Waals surface area contributed by atoms with Crippen LogP contribution < -0.4 is 10.5 Å². The second-order valence-corrected chi connectivity index (χ2v) is 6.27. The number of amides is 1. The number of hydrogen-bond donors (Lipinski definition) is 2. The monoisotopic (exact) mass is 268 g/mol. The lowest BCUT2D eigenvalue weighted by molar-refractivity contribution is 0.0950. The number of hydrogen-bond acceptors (Lipinski definition) is 3. The van der Waals surface area contributed by atoms with Gasteiger partial charge >= 0.3 is 0 Å². The molecule has 1 saturated carbocycles. The van der Waals surface area contributed by atoms with Gasteiger partial charge in [0.05, 0.1) is 4.90 Å². The summed E-state index contributed by atoms with van der Waals surface area (Å²) in [5.74, 6) is -0.233. The van der Waals surface area contributed by atoms with E-state index >= 15 is 0 Å². The topological polar surface area (TPSA) is 89.3 Å². The zero-order valence-electron chi connectivity index (χ0n) is 10.4. The van der Waals surface area contributed by atoms with Gasteiger partial charge < -0.3 is 5.32 Å². The van der Waals surface area contributed by atoms with E-state index in [0.717, 1.165) is 24.0 Å². The van der Waals surface area contributed by atoms with Gasteiger partial charge in [0.15, 0.2) is 0 Å². The second kappa shape index (κ2) is 4.37. The molecule has 18 heavy (non-hydrogen) atoms. The van der Waals surface area contributed by atoms with Crippen LogP contribution in [0.15, 0.2) is 17.0 Å². The van der Waals surface area contributed by atoms with E-state index in [1.54, 1.807) is 13.8 Å². The van der Waals surface area contributed by atoms with Crippen LogP contribution in [0.3, 0.4) is 0 Å². The van der Waals surface area contributed by atoms with Crippen LogP contribution >= 0.6 is 0 Å². The summed E-state index contributed by atoms with van der Waals surface area (Å²) >= 11 is 0. The van der Waals surface area contributed by atoms with Crippen LogP contribution in [0.1, 0.15) is 34.3 Å². The fourth-order valence-electron chi connectivity index (χ4n) is 1.72. The van der Waals surface area contributed by atoms with Crippen LogP contribution in [0.2, 0.25) is 0 Å². The Kier molecular flexibility index (Phi) is 3.16. The van der Waals surface area contributed by atoms with E-state index in [9.17, 15) is 13.2 Å². The smallest absolute Gasteiger partial charge is 0.251 e. The van der Waals surface area contributed by atoms with Gasteiger partial charge in [-0.1, -0.05) is 0 Å². The lowest BCUT2D eigenvalue weighted by atomic mass is 10.0. The number of carbonyl (C=O) groups is 1. The average molecular weight is 268 g/mol. The standard InChI is InChI=1S/C12H16N2O3S/c1-7-5-10(18(13,16)17)6-11(8(7)2)12(15)14-9-3-4-9/h5-6,9H,3-4H2,1-2H3,(H,14,15)(H2,13,16,17). The minimum absolute atomic E-state index is 0.0217. The normalized spacial score (nSPS) is 15.5. The molecular formula is C12H16N2O3S. The first-order valence-electron chi connectivity index (χ1n) is 5.74. The minimum atomic E-state index is -3.79. The molecule has 1 amide bonds. The Hall–Kier alpha value is -1.40. The number of carbonyl (C=O) groups excluding carboxylic acids is 1. The lowest BCUT2D eigenvalue weighted by Gasteiger charge is -2.11. The van der Waals surface area contributed by atoms with Crippen molar-refractivity contribution in [2.45, 2.75) is 37.6 Å². The third kappa shape index (κ3) is 2.70. The van der Waals surface area contributed by atoms with Gasteiger partial charge in [-0.25, -0.2) is 13.6 Å². The molecule has 0 bridgehead atoms. The third-order valence-corrected chi connectivity index (χ3v) is 4.02. The maximum absolute atomic E-state index is 12.0. The van der Waals surface area contributed by atoms with E-state index in [1.807, 2.05) is 0 Å². The van der Waals surface area contributed by atoms with Crippen LogP contribution in [0.4, 0.5) is 0 Å². The first-order chi connectivity index (χ1) is 8.29. The maximum Gasteiger partial charge on any atom is 0.251 e. The van der Waals surface area contributed by atoms with E-state index in [2.05, 4.69) is 5.32 Å². The van der Waals surface area contributed by atoms with Crippen molar-refractivity contribution in [3.8, 4) is 0 Å². The van der Waals surface area contributed by atoms with Crippen molar-refractivity contribution in [3.05, 3.63) is 28.8 Å². The van der Waals surface area contributed by atoms with Crippen molar-refractivity contribution in [2.75, 3.05) is 0 Å². The lowest BCUT2D eigenvalue weighted by Crippen LogP contribution is -2.27. The van der Waals surface area contributed by atoms with Gasteiger partial charge in [-0.15, -0.1) is 0 Å². The first kappa shape index (κ1) is 13.0. The molecule has 0 atom stereocenters. The molecule has 2 rings (SSSR count). The Balaban J connectivity index is 2.44. The van der Waals surface area contributed by atoms with Crippen LogP contribution in [0, 0.1) is 13.8 Å². The van der Waals surface area contributed by atoms with Crippen LogP contribution in [0.25, 0.3) is 0 Å². The van der Waals surface area contributed by atoms with Gasteiger partial charge in [-0.3, -0.25) is 4.79 Å². The fourth-order valence-corrected chi connectivity index (χ4v) is 2.34. The van der Waals surface area contributed by atoms with Gasteiger partial charge in [-0.2, -0.15) is 0 Å². The van der Waals surface area contributed by atoms with Crippen LogP contribution in [0.5, 0.6) is 0 Å². The molecule has 5 nitrogen and oxygen atoms in total. The Morgan fingerprint density at radius 3 is 2.44 bits per heavy atom. The van der Waals surface area contributed by atoms with Gasteiger partial charge in [0, 0.05) is 11.6 Å². The van der Waals surface area contributed by atoms with Crippen LogP contribution in [-0.2, 0) is 10.0 Å². The van der Waals surface area contributed by atoms with Gasteiger partial charge in [0.2, 0.25) is 10.0 Å². The van der Waals surface area contributed by atoms with Gasteiger partial charge in [0.25, 0.3) is 5.91 Å². The highest BCUT2D eigenvalue weighted by Crippen LogP contribution is 2.22. The molecule has 0 saturated heterocycles. The second-order valence-electron chi connectivity index (χ2n) is 4.71. The Bertz CT molecular complexity index is 604. The van der Waals surface area contributed by atoms with E-state index in [1.165, 1.54) is 12.1 Å². The summed E-state index contributed by atoms with van der Waals surface area (Å²) in [5, 5.41) is 7.94. The summed E-state index contributed by atoms with van der Waals surface area (Å²) in [6.07, 6.45) is 1.97. The SMILES string of the molecule is Cc1cc(S(N)(=O)=O)cc(C(=O)NC2CC2)c1C. The van der Waals surface area contributed by atoms with Crippen molar-refractivity contribution in [3.63, 3.8) is 0 Å².